The Morgan fingerprint density at radius 3 is 3.00 bits per heavy atom. The Bertz CT molecular complexity index is 685. The van der Waals surface area contributed by atoms with E-state index in [4.69, 9.17) is 9.26 Å². The second kappa shape index (κ2) is 5.18. The Labute approximate surface area is 126 Å². The van der Waals surface area contributed by atoms with Gasteiger partial charge < -0.3 is 9.26 Å². The summed E-state index contributed by atoms with van der Waals surface area (Å²) in [5.74, 6) is 3.32. The van der Waals surface area contributed by atoms with Crippen molar-refractivity contribution in [1.29, 1.82) is 0 Å². The molecule has 5 nitrogen and oxygen atoms in total. The quantitative estimate of drug-likeness (QED) is 0.848. The summed E-state index contributed by atoms with van der Waals surface area (Å²) < 4.78 is 11.0. The van der Waals surface area contributed by atoms with E-state index in [0.29, 0.717) is 24.1 Å². The van der Waals surface area contributed by atoms with Gasteiger partial charge in [-0.2, -0.15) is 16.7 Å². The summed E-state index contributed by atoms with van der Waals surface area (Å²) in [5, 5.41) is 4.11. The van der Waals surface area contributed by atoms with E-state index < -0.39 is 0 Å². The number of fused-ring (bicyclic) bond motifs is 1. The molecule has 0 saturated carbocycles. The lowest BCUT2D eigenvalue weighted by molar-refractivity contribution is -0.117. The van der Waals surface area contributed by atoms with Crippen LogP contribution in [0.3, 0.4) is 0 Å². The van der Waals surface area contributed by atoms with Gasteiger partial charge in [0.1, 0.15) is 11.7 Å². The van der Waals surface area contributed by atoms with E-state index in [9.17, 15) is 4.79 Å². The third kappa shape index (κ3) is 2.23. The lowest BCUT2D eigenvalue weighted by Crippen LogP contribution is -2.16. The molecular weight excluding hydrogens is 288 g/mol. The third-order valence-electron chi connectivity index (χ3n) is 3.94. The SMILES string of the molecule is O=C1CSCC1c1nc(C2CCOc3ccccc32)no1. The molecule has 2 unspecified atom stereocenters. The molecule has 21 heavy (non-hydrogen) atoms. The first-order chi connectivity index (χ1) is 10.3. The van der Waals surface area contributed by atoms with Gasteiger partial charge in [0.25, 0.3) is 0 Å². The summed E-state index contributed by atoms with van der Waals surface area (Å²) in [6.07, 6.45) is 0.823. The van der Waals surface area contributed by atoms with Crippen molar-refractivity contribution >= 4 is 17.5 Å². The summed E-state index contributed by atoms with van der Waals surface area (Å²) in [5.41, 5.74) is 1.09. The molecule has 108 valence electrons. The minimum absolute atomic E-state index is 0.0802. The number of ketones is 1. The molecule has 0 N–H and O–H groups in total. The van der Waals surface area contributed by atoms with Crippen molar-refractivity contribution in [3.8, 4) is 5.75 Å². The molecule has 0 aliphatic carbocycles. The van der Waals surface area contributed by atoms with Crippen molar-refractivity contribution in [3.05, 3.63) is 41.5 Å². The summed E-state index contributed by atoms with van der Waals surface area (Å²) in [6.45, 7) is 0.643. The van der Waals surface area contributed by atoms with Crippen LogP contribution in [0, 0.1) is 0 Å². The van der Waals surface area contributed by atoms with E-state index in [0.717, 1.165) is 23.5 Å². The topological polar surface area (TPSA) is 65.2 Å². The number of carbonyl (C=O) groups is 1. The first kappa shape index (κ1) is 12.9. The fourth-order valence-electron chi connectivity index (χ4n) is 2.82. The zero-order chi connectivity index (χ0) is 14.2. The maximum atomic E-state index is 11.8. The molecule has 3 heterocycles. The summed E-state index contributed by atoms with van der Waals surface area (Å²) in [4.78, 5) is 16.3. The predicted molar refractivity (Wildman–Crippen MR) is 77.8 cm³/mol. The summed E-state index contributed by atoms with van der Waals surface area (Å²) >= 11 is 1.62. The number of ether oxygens (including phenoxy) is 1. The van der Waals surface area contributed by atoms with Gasteiger partial charge in [-0.1, -0.05) is 23.4 Å². The smallest absolute Gasteiger partial charge is 0.238 e. The first-order valence-corrected chi connectivity index (χ1v) is 8.14. The van der Waals surface area contributed by atoms with Crippen molar-refractivity contribution in [2.75, 3.05) is 18.1 Å². The molecule has 2 aromatic rings. The van der Waals surface area contributed by atoms with E-state index >= 15 is 0 Å². The molecule has 1 aromatic heterocycles. The Morgan fingerprint density at radius 2 is 2.14 bits per heavy atom. The number of carbonyl (C=O) groups excluding carboxylic acids is 1. The van der Waals surface area contributed by atoms with E-state index in [1.807, 2.05) is 24.3 Å². The minimum Gasteiger partial charge on any atom is -0.493 e. The van der Waals surface area contributed by atoms with Crippen LogP contribution in [-0.2, 0) is 4.79 Å². The molecule has 2 aliphatic rings. The maximum Gasteiger partial charge on any atom is 0.238 e. The lowest BCUT2D eigenvalue weighted by Gasteiger charge is -2.23. The third-order valence-corrected chi connectivity index (χ3v) is 5.00. The number of Topliss-reactive ketones (excluding diaryl/α,β-unsaturated/α-hetero) is 1. The molecule has 1 saturated heterocycles. The van der Waals surface area contributed by atoms with Crippen molar-refractivity contribution in [3.63, 3.8) is 0 Å². The molecular formula is C15H14N2O3S. The lowest BCUT2D eigenvalue weighted by atomic mass is 9.92. The summed E-state index contributed by atoms with van der Waals surface area (Å²) in [6, 6.07) is 7.93. The van der Waals surface area contributed by atoms with Crippen LogP contribution in [0.25, 0.3) is 0 Å². The van der Waals surface area contributed by atoms with Gasteiger partial charge in [0.15, 0.2) is 11.6 Å². The molecule has 0 amide bonds. The zero-order valence-electron chi connectivity index (χ0n) is 11.3. The van der Waals surface area contributed by atoms with Crippen molar-refractivity contribution in [1.82, 2.24) is 10.1 Å². The van der Waals surface area contributed by atoms with E-state index in [1.54, 1.807) is 11.8 Å². The minimum atomic E-state index is -0.230. The number of para-hydroxylation sites is 1. The van der Waals surface area contributed by atoms with Crippen molar-refractivity contribution < 1.29 is 14.1 Å². The summed E-state index contributed by atoms with van der Waals surface area (Å²) in [7, 11) is 0. The molecule has 1 aromatic carbocycles. The Kier molecular flexibility index (Phi) is 3.18. The van der Waals surface area contributed by atoms with Crippen LogP contribution in [0.1, 0.15) is 35.5 Å². The van der Waals surface area contributed by atoms with Crippen LogP contribution in [0.5, 0.6) is 5.75 Å². The van der Waals surface area contributed by atoms with Gasteiger partial charge in [-0.05, 0) is 12.5 Å². The number of hydrogen-bond donors (Lipinski definition) is 0. The van der Waals surface area contributed by atoms with Crippen LogP contribution in [-0.4, -0.2) is 34.0 Å². The zero-order valence-corrected chi connectivity index (χ0v) is 12.1. The molecule has 0 radical (unpaired) electrons. The van der Waals surface area contributed by atoms with Gasteiger partial charge in [0.05, 0.1) is 18.3 Å². The second-order valence-electron chi connectivity index (χ2n) is 5.25. The molecule has 2 aliphatic heterocycles. The van der Waals surface area contributed by atoms with Crippen LogP contribution < -0.4 is 4.74 Å². The number of benzene rings is 1. The number of hydrogen-bond acceptors (Lipinski definition) is 6. The number of thioether (sulfide) groups is 1. The van der Waals surface area contributed by atoms with Gasteiger partial charge in [-0.25, -0.2) is 0 Å². The highest BCUT2D eigenvalue weighted by molar-refractivity contribution is 8.00. The maximum absolute atomic E-state index is 11.8. The largest absolute Gasteiger partial charge is 0.493 e. The standard InChI is InChI=1S/C15H14N2O3S/c18-12-8-21-7-11(12)15-16-14(17-20-15)10-5-6-19-13-4-2-1-3-9(10)13/h1-4,10-11H,5-8H2. The normalized spacial score (nSPS) is 24.7. The van der Waals surface area contributed by atoms with E-state index in [2.05, 4.69) is 10.1 Å². The van der Waals surface area contributed by atoms with Crippen molar-refractivity contribution in [2.45, 2.75) is 18.3 Å². The average Bonchev–Trinajstić information content (AvgIpc) is 3.15. The predicted octanol–water partition coefficient (Wildman–Crippen LogP) is 2.38. The highest BCUT2D eigenvalue weighted by atomic mass is 32.2. The average molecular weight is 302 g/mol. The van der Waals surface area contributed by atoms with Crippen molar-refractivity contribution in [2.24, 2.45) is 0 Å². The highest BCUT2D eigenvalue weighted by Crippen LogP contribution is 2.37. The van der Waals surface area contributed by atoms with Gasteiger partial charge in [-0.3, -0.25) is 4.79 Å². The van der Waals surface area contributed by atoms with Crippen LogP contribution in [0.15, 0.2) is 28.8 Å². The molecule has 0 spiro atoms. The molecule has 4 rings (SSSR count). The van der Waals surface area contributed by atoms with Gasteiger partial charge >= 0.3 is 0 Å². The van der Waals surface area contributed by atoms with Gasteiger partial charge in [-0.15, -0.1) is 0 Å². The number of rotatable bonds is 2. The van der Waals surface area contributed by atoms with Crippen LogP contribution in [0.2, 0.25) is 0 Å². The fraction of sp³-hybridized carbons (Fsp3) is 0.400. The Morgan fingerprint density at radius 1 is 1.24 bits per heavy atom. The molecule has 2 atom stereocenters. The highest BCUT2D eigenvalue weighted by Gasteiger charge is 2.33. The Balaban J connectivity index is 1.66. The monoisotopic (exact) mass is 302 g/mol. The second-order valence-corrected chi connectivity index (χ2v) is 6.28. The first-order valence-electron chi connectivity index (χ1n) is 6.98. The number of aromatic nitrogens is 2. The Hall–Kier alpha value is -1.82. The van der Waals surface area contributed by atoms with E-state index in [-0.39, 0.29) is 17.6 Å². The van der Waals surface area contributed by atoms with E-state index in [1.165, 1.54) is 0 Å². The molecule has 6 heteroatoms. The van der Waals surface area contributed by atoms with Crippen LogP contribution in [0.4, 0.5) is 0 Å². The molecule has 0 bridgehead atoms. The number of nitrogens with zero attached hydrogens (tertiary/aromatic N) is 2. The fourth-order valence-corrected chi connectivity index (χ4v) is 3.90. The van der Waals surface area contributed by atoms with Gasteiger partial charge in [0, 0.05) is 11.3 Å². The molecule has 1 fully saturated rings. The van der Waals surface area contributed by atoms with Gasteiger partial charge in [0.2, 0.25) is 5.89 Å². The van der Waals surface area contributed by atoms with Crippen LogP contribution >= 0.6 is 11.8 Å².